The second kappa shape index (κ2) is 11.3. The van der Waals surface area contributed by atoms with Crippen molar-refractivity contribution in [1.82, 2.24) is 10.4 Å². The minimum atomic E-state index is -3.69. The first-order valence-electron chi connectivity index (χ1n) is 10.4. The first kappa shape index (κ1) is 24.9. The van der Waals surface area contributed by atoms with Gasteiger partial charge in [0.2, 0.25) is 5.91 Å². The molecule has 170 valence electrons. The van der Waals surface area contributed by atoms with Crippen molar-refractivity contribution in [3.05, 3.63) is 48.2 Å². The molecule has 0 saturated carbocycles. The molecule has 0 saturated heterocycles. The van der Waals surface area contributed by atoms with E-state index in [1.165, 1.54) is 0 Å². The third-order valence-electron chi connectivity index (χ3n) is 4.72. The molecule has 31 heavy (non-hydrogen) atoms. The molecule has 1 amide bonds. The molecular formula is C22H31N2O6P. The predicted octanol–water partition coefficient (Wildman–Crippen LogP) is 3.66. The van der Waals surface area contributed by atoms with Crippen molar-refractivity contribution in [2.24, 2.45) is 5.92 Å². The SMILES string of the molecule is CCCP(=O)(O)N[C@@H](CC(C)C)C(=O)N[C@@H](Cc1ccc(-c2ccco2)cc1)C(=O)O. The van der Waals surface area contributed by atoms with Crippen molar-refractivity contribution in [3.63, 3.8) is 0 Å². The average molecular weight is 450 g/mol. The van der Waals surface area contributed by atoms with Gasteiger partial charge in [0.25, 0.3) is 7.52 Å². The predicted molar refractivity (Wildman–Crippen MR) is 119 cm³/mol. The van der Waals surface area contributed by atoms with E-state index in [-0.39, 0.29) is 18.5 Å². The van der Waals surface area contributed by atoms with Crippen LogP contribution in [0.25, 0.3) is 11.3 Å². The zero-order valence-corrected chi connectivity index (χ0v) is 19.0. The Balaban J connectivity index is 2.09. The maximum absolute atomic E-state index is 12.8. The minimum absolute atomic E-state index is 0.0409. The van der Waals surface area contributed by atoms with Crippen LogP contribution in [0.4, 0.5) is 0 Å². The summed E-state index contributed by atoms with van der Waals surface area (Å²) in [5, 5.41) is 14.7. The van der Waals surface area contributed by atoms with Crippen molar-refractivity contribution in [2.45, 2.75) is 52.1 Å². The number of carbonyl (C=O) groups excluding carboxylic acids is 1. The number of hydrogen-bond donors (Lipinski definition) is 4. The van der Waals surface area contributed by atoms with Gasteiger partial charge in [-0.05, 0) is 36.5 Å². The molecule has 1 heterocycles. The van der Waals surface area contributed by atoms with Gasteiger partial charge < -0.3 is 19.7 Å². The molecule has 0 radical (unpaired) electrons. The molecule has 1 aromatic carbocycles. The van der Waals surface area contributed by atoms with Crippen molar-refractivity contribution in [2.75, 3.05) is 6.16 Å². The molecule has 8 nitrogen and oxygen atoms in total. The Morgan fingerprint density at radius 1 is 1.13 bits per heavy atom. The summed E-state index contributed by atoms with van der Waals surface area (Å²) in [6, 6.07) is 8.71. The number of rotatable bonds is 12. The fourth-order valence-electron chi connectivity index (χ4n) is 3.26. The highest BCUT2D eigenvalue weighted by molar-refractivity contribution is 7.55. The number of nitrogens with one attached hydrogen (secondary N) is 2. The van der Waals surface area contributed by atoms with E-state index >= 15 is 0 Å². The Morgan fingerprint density at radius 2 is 1.81 bits per heavy atom. The topological polar surface area (TPSA) is 129 Å². The lowest BCUT2D eigenvalue weighted by atomic mass is 10.0. The molecule has 0 aliphatic carbocycles. The average Bonchev–Trinajstić information content (AvgIpc) is 3.21. The van der Waals surface area contributed by atoms with Crippen molar-refractivity contribution < 1.29 is 28.6 Å². The number of carboxylic acids is 1. The summed E-state index contributed by atoms with van der Waals surface area (Å²) < 4.78 is 17.6. The Bertz CT molecular complexity index is 895. The lowest BCUT2D eigenvalue weighted by Gasteiger charge is -2.25. The van der Waals surface area contributed by atoms with E-state index < -0.39 is 31.5 Å². The summed E-state index contributed by atoms with van der Waals surface area (Å²) in [7, 11) is -3.69. The molecule has 2 rings (SSSR count). The van der Waals surface area contributed by atoms with Gasteiger partial charge in [-0.25, -0.2) is 9.88 Å². The van der Waals surface area contributed by atoms with Crippen LogP contribution in [0.5, 0.6) is 0 Å². The van der Waals surface area contributed by atoms with Crippen LogP contribution >= 0.6 is 7.52 Å². The Hall–Kier alpha value is -2.41. The fourth-order valence-corrected chi connectivity index (χ4v) is 4.70. The molecule has 3 atom stereocenters. The lowest BCUT2D eigenvalue weighted by Crippen LogP contribution is -2.50. The Morgan fingerprint density at radius 3 is 2.32 bits per heavy atom. The number of furan rings is 1. The van der Waals surface area contributed by atoms with E-state index in [0.717, 1.165) is 11.1 Å². The summed E-state index contributed by atoms with van der Waals surface area (Å²) in [5.41, 5.74) is 1.59. The zero-order chi connectivity index (χ0) is 23.0. The highest BCUT2D eigenvalue weighted by atomic mass is 31.2. The third kappa shape index (κ3) is 7.98. The highest BCUT2D eigenvalue weighted by Gasteiger charge is 2.30. The molecule has 1 aromatic heterocycles. The molecule has 9 heteroatoms. The number of aliphatic carboxylic acids is 1. The molecule has 0 fully saturated rings. The normalized spacial score (nSPS) is 15.3. The van der Waals surface area contributed by atoms with Gasteiger partial charge in [0.15, 0.2) is 0 Å². The third-order valence-corrected chi connectivity index (χ3v) is 6.49. The van der Waals surface area contributed by atoms with Gasteiger partial charge in [-0.15, -0.1) is 0 Å². The van der Waals surface area contributed by atoms with Gasteiger partial charge in [0.1, 0.15) is 11.8 Å². The minimum Gasteiger partial charge on any atom is -0.480 e. The molecule has 0 spiro atoms. The summed E-state index contributed by atoms with van der Waals surface area (Å²) in [6.45, 7) is 5.55. The maximum atomic E-state index is 12.8. The molecule has 0 aliphatic heterocycles. The molecule has 0 bridgehead atoms. The quantitative estimate of drug-likeness (QED) is 0.363. The van der Waals surface area contributed by atoms with Gasteiger partial charge >= 0.3 is 5.97 Å². The standard InChI is InChI=1S/C22H31N2O6P/c1-4-12-31(28,29)24-18(13-15(2)3)21(25)23-19(22(26)27)14-16-7-9-17(10-8-16)20-6-5-11-30-20/h5-11,15,18-19H,4,12-14H2,1-3H3,(H,23,25)(H,26,27)(H2,24,28,29)/t18-,19-/m0/s1. The molecular weight excluding hydrogens is 419 g/mol. The van der Waals surface area contributed by atoms with Crippen LogP contribution in [0.1, 0.15) is 39.2 Å². The molecule has 4 N–H and O–H groups in total. The Labute approximate surface area is 182 Å². The van der Waals surface area contributed by atoms with Crippen molar-refractivity contribution in [1.29, 1.82) is 0 Å². The summed E-state index contributed by atoms with van der Waals surface area (Å²) in [6.07, 6.45) is 2.50. The number of carbonyl (C=O) groups is 2. The second-order valence-electron chi connectivity index (χ2n) is 8.01. The van der Waals surface area contributed by atoms with Gasteiger partial charge in [0.05, 0.1) is 12.3 Å². The van der Waals surface area contributed by atoms with E-state index in [4.69, 9.17) is 4.42 Å². The highest BCUT2D eigenvalue weighted by Crippen LogP contribution is 2.37. The fraction of sp³-hybridized carbons (Fsp3) is 0.455. The monoisotopic (exact) mass is 450 g/mol. The Kier molecular flexibility index (Phi) is 9.04. The van der Waals surface area contributed by atoms with Crippen LogP contribution in [0, 0.1) is 5.92 Å². The number of carboxylic acid groups (broad SMARTS) is 1. The van der Waals surface area contributed by atoms with Crippen LogP contribution in [-0.2, 0) is 20.6 Å². The van der Waals surface area contributed by atoms with Crippen LogP contribution in [0.2, 0.25) is 0 Å². The van der Waals surface area contributed by atoms with Gasteiger partial charge in [-0.1, -0.05) is 45.0 Å². The van der Waals surface area contributed by atoms with E-state index in [2.05, 4.69) is 10.4 Å². The van der Waals surface area contributed by atoms with Gasteiger partial charge in [0, 0.05) is 18.1 Å². The second-order valence-corrected chi connectivity index (χ2v) is 10.1. The first-order chi connectivity index (χ1) is 14.6. The molecule has 1 unspecified atom stereocenters. The largest absolute Gasteiger partial charge is 0.480 e. The number of benzene rings is 1. The number of amides is 1. The van der Waals surface area contributed by atoms with E-state index in [0.29, 0.717) is 18.6 Å². The number of hydrogen-bond acceptors (Lipinski definition) is 4. The van der Waals surface area contributed by atoms with E-state index in [9.17, 15) is 24.2 Å². The van der Waals surface area contributed by atoms with E-state index in [1.54, 1.807) is 31.4 Å². The van der Waals surface area contributed by atoms with Crippen LogP contribution in [0.15, 0.2) is 47.1 Å². The van der Waals surface area contributed by atoms with Gasteiger partial charge in [-0.2, -0.15) is 0 Å². The zero-order valence-electron chi connectivity index (χ0n) is 18.1. The lowest BCUT2D eigenvalue weighted by molar-refractivity contribution is -0.142. The van der Waals surface area contributed by atoms with Crippen LogP contribution in [-0.4, -0.2) is 40.1 Å². The molecule has 2 aromatic rings. The van der Waals surface area contributed by atoms with E-state index in [1.807, 2.05) is 32.0 Å². The van der Waals surface area contributed by atoms with Crippen LogP contribution in [0.3, 0.4) is 0 Å². The summed E-state index contributed by atoms with van der Waals surface area (Å²) in [5.74, 6) is -0.994. The van der Waals surface area contributed by atoms with Gasteiger partial charge in [-0.3, -0.25) is 9.36 Å². The summed E-state index contributed by atoms with van der Waals surface area (Å²) in [4.78, 5) is 34.6. The smallest absolute Gasteiger partial charge is 0.326 e. The first-order valence-corrected chi connectivity index (χ1v) is 12.2. The van der Waals surface area contributed by atoms with Crippen LogP contribution < -0.4 is 10.4 Å². The molecule has 0 aliphatic rings. The summed E-state index contributed by atoms with van der Waals surface area (Å²) >= 11 is 0. The van der Waals surface area contributed by atoms with Crippen molar-refractivity contribution in [3.8, 4) is 11.3 Å². The maximum Gasteiger partial charge on any atom is 0.326 e. The van der Waals surface area contributed by atoms with Crippen molar-refractivity contribution >= 4 is 19.4 Å².